The number of carbonyl (C=O) groups excluding carboxylic acids is 2. The fourth-order valence-corrected chi connectivity index (χ4v) is 10.2. The SMILES string of the molecule is CCCCCCCCCCCCCC=C[C@@H](O)[C@H](CO[C@@H]1O[C@H](CO)[C@@H](O[C@@H]2O[C@H](CO)[C@H](O[C@@H]3O[C@H](CO)[C@H](O)[C@H](O)[C@H]3NC(C)=O)[C@H](O)[C@H]2O)[C@H](O)C1O)NC(=O)CCCCCCCCCCCCCCCCC. The first-order valence-corrected chi connectivity index (χ1v) is 29.4. The number of aliphatic hydroxyl groups excluding tert-OH is 10. The summed E-state index contributed by atoms with van der Waals surface area (Å²) in [6, 6.07) is -2.40. The molecule has 3 aliphatic rings. The number of rotatable bonds is 42. The molecule has 0 radical (unpaired) electrons. The maximum absolute atomic E-state index is 13.3. The van der Waals surface area contributed by atoms with Crippen molar-refractivity contribution in [1.82, 2.24) is 10.6 Å². The lowest BCUT2D eigenvalue weighted by atomic mass is 9.95. The van der Waals surface area contributed by atoms with Crippen LogP contribution in [0, 0.1) is 0 Å². The number of hydrogen-bond donors (Lipinski definition) is 12. The Bertz CT molecular complexity index is 1520. The Morgan fingerprint density at radius 3 is 1.38 bits per heavy atom. The van der Waals surface area contributed by atoms with Crippen LogP contribution in [0.1, 0.15) is 201 Å². The smallest absolute Gasteiger partial charge is 0.220 e. The van der Waals surface area contributed by atoms with E-state index in [1.54, 1.807) is 6.08 Å². The van der Waals surface area contributed by atoms with Crippen LogP contribution < -0.4 is 10.6 Å². The summed E-state index contributed by atoms with van der Waals surface area (Å²) in [7, 11) is 0. The molecule has 0 aliphatic carbocycles. The van der Waals surface area contributed by atoms with Crippen molar-refractivity contribution in [2.45, 2.75) is 305 Å². The fourth-order valence-electron chi connectivity index (χ4n) is 10.2. The molecule has 76 heavy (non-hydrogen) atoms. The van der Waals surface area contributed by atoms with E-state index in [-0.39, 0.29) is 18.9 Å². The highest BCUT2D eigenvalue weighted by atomic mass is 16.8. The molecule has 446 valence electrons. The lowest BCUT2D eigenvalue weighted by Crippen LogP contribution is -2.68. The highest BCUT2D eigenvalue weighted by Gasteiger charge is 2.54. The molecule has 1 unspecified atom stereocenters. The number of unbranched alkanes of at least 4 members (excludes halogenated alkanes) is 25. The van der Waals surface area contributed by atoms with Crippen LogP contribution in [-0.2, 0) is 38.0 Å². The first-order valence-electron chi connectivity index (χ1n) is 29.4. The number of carbonyl (C=O) groups is 2. The van der Waals surface area contributed by atoms with Gasteiger partial charge in [0.15, 0.2) is 18.9 Å². The summed E-state index contributed by atoms with van der Waals surface area (Å²) >= 11 is 0. The van der Waals surface area contributed by atoms with Gasteiger partial charge in [0.25, 0.3) is 0 Å². The van der Waals surface area contributed by atoms with Gasteiger partial charge < -0.3 is 90.1 Å². The number of aliphatic hydroxyl groups is 10. The molecule has 3 saturated heterocycles. The third-order valence-electron chi connectivity index (χ3n) is 15.0. The van der Waals surface area contributed by atoms with Gasteiger partial charge in [-0.1, -0.05) is 180 Å². The van der Waals surface area contributed by atoms with Crippen LogP contribution >= 0.6 is 0 Å². The topological polar surface area (TPSA) is 316 Å². The molecule has 3 aliphatic heterocycles. The highest BCUT2D eigenvalue weighted by molar-refractivity contribution is 5.76. The number of nitrogens with one attached hydrogen (secondary N) is 2. The maximum Gasteiger partial charge on any atom is 0.220 e. The molecule has 17 atom stereocenters. The van der Waals surface area contributed by atoms with E-state index in [2.05, 4.69) is 24.5 Å². The zero-order valence-electron chi connectivity index (χ0n) is 46.3. The number of ether oxygens (including phenoxy) is 6. The van der Waals surface area contributed by atoms with E-state index in [9.17, 15) is 60.7 Å². The van der Waals surface area contributed by atoms with Crippen molar-refractivity contribution in [3.8, 4) is 0 Å². The number of hydrogen-bond acceptors (Lipinski definition) is 18. The van der Waals surface area contributed by atoms with Gasteiger partial charge in [-0.2, -0.15) is 0 Å². The molecule has 3 fully saturated rings. The highest BCUT2D eigenvalue weighted by Crippen LogP contribution is 2.33. The Morgan fingerprint density at radius 1 is 0.513 bits per heavy atom. The second kappa shape index (κ2) is 40.3. The van der Waals surface area contributed by atoms with Gasteiger partial charge in [0.2, 0.25) is 11.8 Å². The molecule has 0 saturated carbocycles. The Morgan fingerprint density at radius 2 is 0.921 bits per heavy atom. The largest absolute Gasteiger partial charge is 0.394 e. The normalized spacial score (nSPS) is 30.9. The molecule has 0 aromatic carbocycles. The van der Waals surface area contributed by atoms with Crippen molar-refractivity contribution in [2.75, 3.05) is 26.4 Å². The average molecular weight is 1090 g/mol. The van der Waals surface area contributed by atoms with Crippen LogP contribution in [0.5, 0.6) is 0 Å². The molecule has 2 amide bonds. The van der Waals surface area contributed by atoms with Crippen LogP contribution in [0.15, 0.2) is 12.2 Å². The first kappa shape index (κ1) is 68.3. The summed E-state index contributed by atoms with van der Waals surface area (Å²) in [5.74, 6) is -0.924. The van der Waals surface area contributed by atoms with Crippen LogP contribution in [0.3, 0.4) is 0 Å². The lowest BCUT2D eigenvalue weighted by molar-refractivity contribution is -0.374. The average Bonchev–Trinajstić information content (AvgIpc) is 3.41. The third kappa shape index (κ3) is 24.8. The van der Waals surface area contributed by atoms with Crippen molar-refractivity contribution in [3.63, 3.8) is 0 Å². The van der Waals surface area contributed by atoms with Crippen LogP contribution in [0.25, 0.3) is 0 Å². The monoisotopic (exact) mass is 1090 g/mol. The predicted octanol–water partition coefficient (Wildman–Crippen LogP) is 3.96. The Balaban J connectivity index is 1.56. The first-order chi connectivity index (χ1) is 36.7. The van der Waals surface area contributed by atoms with Crippen molar-refractivity contribution in [2.24, 2.45) is 0 Å². The van der Waals surface area contributed by atoms with E-state index < -0.39 is 130 Å². The summed E-state index contributed by atoms with van der Waals surface area (Å²) in [5.41, 5.74) is 0. The third-order valence-corrected chi connectivity index (χ3v) is 15.0. The van der Waals surface area contributed by atoms with Gasteiger partial charge in [-0.05, 0) is 19.3 Å². The minimum atomic E-state index is -1.99. The fraction of sp³-hybridized carbons (Fsp3) is 0.929. The maximum atomic E-state index is 13.3. The molecule has 3 rings (SSSR count). The lowest BCUT2D eigenvalue weighted by Gasteiger charge is -2.48. The van der Waals surface area contributed by atoms with Crippen LogP contribution in [0.4, 0.5) is 0 Å². The summed E-state index contributed by atoms with van der Waals surface area (Å²) in [6.45, 7) is 2.82. The van der Waals surface area contributed by atoms with E-state index in [4.69, 9.17) is 28.4 Å². The van der Waals surface area contributed by atoms with Crippen molar-refractivity contribution < 1.29 is 89.1 Å². The number of amides is 2. The van der Waals surface area contributed by atoms with Crippen molar-refractivity contribution in [3.05, 3.63) is 12.2 Å². The van der Waals surface area contributed by atoms with Gasteiger partial charge in [0.05, 0.1) is 38.6 Å². The summed E-state index contributed by atoms with van der Waals surface area (Å²) in [5, 5.41) is 113. The molecule has 0 spiro atoms. The summed E-state index contributed by atoms with van der Waals surface area (Å²) in [6.07, 6.45) is 11.1. The summed E-state index contributed by atoms with van der Waals surface area (Å²) in [4.78, 5) is 25.3. The zero-order chi connectivity index (χ0) is 55.7. The molecule has 0 bridgehead atoms. The van der Waals surface area contributed by atoms with E-state index >= 15 is 0 Å². The second-order valence-electron chi connectivity index (χ2n) is 21.5. The van der Waals surface area contributed by atoms with E-state index in [1.165, 1.54) is 122 Å². The number of allylic oxidation sites excluding steroid dienone is 1. The molecule has 0 aromatic rings. The van der Waals surface area contributed by atoms with Gasteiger partial charge in [-0.15, -0.1) is 0 Å². The molecule has 12 N–H and O–H groups in total. The molecular weight excluding hydrogens is 989 g/mol. The van der Waals surface area contributed by atoms with Crippen LogP contribution in [0.2, 0.25) is 0 Å². The molecule has 20 nitrogen and oxygen atoms in total. The summed E-state index contributed by atoms with van der Waals surface area (Å²) < 4.78 is 34.8. The minimum absolute atomic E-state index is 0.244. The minimum Gasteiger partial charge on any atom is -0.394 e. The molecule has 20 heteroatoms. The van der Waals surface area contributed by atoms with Gasteiger partial charge in [-0.25, -0.2) is 0 Å². The Labute approximate surface area is 453 Å². The standard InChI is InChI=1S/C56H104N2O18/c1-4-6-8-10-12-14-16-18-19-21-23-25-27-29-31-33-44(64)58-39(40(63)32-30-28-26-24-22-20-17-15-13-11-9-7-5-2)37-71-55-50(69)48(67)53(42(35-60)73-55)76-56-51(70)49(68)52(43(36-61)74-56)75-54-45(57-38(3)62)47(66)46(65)41(34-59)72-54/h30,32,39-43,45-56,59-61,63,65-70H,4-29,31,33-37H2,1-3H3,(H,57,62)(H,58,64)/t39-,40+,41+,42+,43+,45+,46-,47+,48+,49+,50?,51+,52-,53+,54-,55+,56-/m0/s1. The zero-order valence-corrected chi connectivity index (χ0v) is 46.3. The Kier molecular flexibility index (Phi) is 36.2. The Hall–Kier alpha value is -1.96. The van der Waals surface area contributed by atoms with E-state index in [0.29, 0.717) is 6.42 Å². The van der Waals surface area contributed by atoms with E-state index in [1.807, 2.05) is 6.08 Å². The van der Waals surface area contributed by atoms with Crippen molar-refractivity contribution in [1.29, 1.82) is 0 Å². The predicted molar refractivity (Wildman–Crippen MR) is 284 cm³/mol. The van der Waals surface area contributed by atoms with Crippen molar-refractivity contribution >= 4 is 11.8 Å². The molecule has 0 aromatic heterocycles. The molecular formula is C56H104N2O18. The van der Waals surface area contributed by atoms with Gasteiger partial charge >= 0.3 is 0 Å². The quantitative estimate of drug-likeness (QED) is 0.0304. The second-order valence-corrected chi connectivity index (χ2v) is 21.5. The van der Waals surface area contributed by atoms with E-state index in [0.717, 1.165) is 51.9 Å². The van der Waals surface area contributed by atoms with Crippen LogP contribution in [-0.4, -0.2) is 194 Å². The van der Waals surface area contributed by atoms with Gasteiger partial charge in [0.1, 0.15) is 73.2 Å². The van der Waals surface area contributed by atoms with Gasteiger partial charge in [-0.3, -0.25) is 9.59 Å². The van der Waals surface area contributed by atoms with Gasteiger partial charge in [0, 0.05) is 13.3 Å². The molecule has 3 heterocycles.